The van der Waals surface area contributed by atoms with Crippen molar-refractivity contribution >= 4 is 5.91 Å². The van der Waals surface area contributed by atoms with Crippen LogP contribution < -0.4 is 5.73 Å². The van der Waals surface area contributed by atoms with E-state index in [0.717, 1.165) is 30.8 Å². The molecule has 1 amide bonds. The van der Waals surface area contributed by atoms with Crippen molar-refractivity contribution in [2.24, 2.45) is 5.73 Å². The summed E-state index contributed by atoms with van der Waals surface area (Å²) in [4.78, 5) is 13.1. The van der Waals surface area contributed by atoms with E-state index in [2.05, 4.69) is 4.90 Å². The van der Waals surface area contributed by atoms with Crippen LogP contribution in [0.3, 0.4) is 0 Å². The van der Waals surface area contributed by atoms with Crippen molar-refractivity contribution in [2.45, 2.75) is 38.3 Å². The van der Waals surface area contributed by atoms with E-state index in [4.69, 9.17) is 10.2 Å². The number of carbonyl (C=O) groups excluding carboxylic acids is 1. The van der Waals surface area contributed by atoms with Crippen molar-refractivity contribution in [3.63, 3.8) is 0 Å². The number of β-amino-alcohol motifs (C(OH)–C–C–N with tert-alkyl or cyclic N) is 1. The Morgan fingerprint density at radius 2 is 2.44 bits per heavy atom. The Hall–Kier alpha value is -1.33. The molecule has 0 aromatic carbocycles. The molecule has 2 heterocycles. The second-order valence-corrected chi connectivity index (χ2v) is 5.18. The Labute approximate surface area is 107 Å². The second kappa shape index (κ2) is 5.12. The van der Waals surface area contributed by atoms with Crippen LogP contribution >= 0.6 is 0 Å². The molecule has 0 saturated carbocycles. The standard InChI is InChI=1S/C13H20N2O3/c1-10-11(3-6-18-10)8-15-5-2-4-13(17,9-15)7-12(14)16/h3,6,17H,2,4-5,7-9H2,1H3,(H2,14,16). The lowest BCUT2D eigenvalue weighted by Crippen LogP contribution is -2.49. The molecule has 0 spiro atoms. The van der Waals surface area contributed by atoms with Crippen LogP contribution in [-0.4, -0.2) is 34.6 Å². The molecule has 1 aliphatic heterocycles. The Kier molecular flexibility index (Phi) is 3.73. The van der Waals surface area contributed by atoms with Gasteiger partial charge in [0.1, 0.15) is 5.76 Å². The van der Waals surface area contributed by atoms with Crippen LogP contribution in [0.4, 0.5) is 0 Å². The predicted octanol–water partition coefficient (Wildman–Crippen LogP) is 0.790. The molecule has 1 aliphatic rings. The highest BCUT2D eigenvalue weighted by atomic mass is 16.3. The number of rotatable bonds is 4. The fourth-order valence-electron chi connectivity index (χ4n) is 2.63. The van der Waals surface area contributed by atoms with Gasteiger partial charge in [0.05, 0.1) is 18.3 Å². The third-order valence-corrected chi connectivity index (χ3v) is 3.50. The Balaban J connectivity index is 1.98. The van der Waals surface area contributed by atoms with Crippen LogP contribution in [0.1, 0.15) is 30.6 Å². The predicted molar refractivity (Wildman–Crippen MR) is 66.7 cm³/mol. The molecule has 0 aliphatic carbocycles. The third-order valence-electron chi connectivity index (χ3n) is 3.50. The fourth-order valence-corrected chi connectivity index (χ4v) is 2.63. The smallest absolute Gasteiger partial charge is 0.220 e. The minimum atomic E-state index is -0.971. The van der Waals surface area contributed by atoms with Gasteiger partial charge in [-0.2, -0.15) is 0 Å². The maximum atomic E-state index is 11.0. The van der Waals surface area contributed by atoms with Gasteiger partial charge >= 0.3 is 0 Å². The summed E-state index contributed by atoms with van der Waals surface area (Å²) >= 11 is 0. The Bertz CT molecular complexity index is 430. The van der Waals surface area contributed by atoms with Crippen LogP contribution in [0, 0.1) is 6.92 Å². The van der Waals surface area contributed by atoms with Crippen molar-refractivity contribution in [3.05, 3.63) is 23.7 Å². The Morgan fingerprint density at radius 3 is 3.06 bits per heavy atom. The lowest BCUT2D eigenvalue weighted by atomic mass is 9.89. The summed E-state index contributed by atoms with van der Waals surface area (Å²) < 4.78 is 5.26. The number of piperidine rings is 1. The monoisotopic (exact) mass is 252 g/mol. The van der Waals surface area contributed by atoms with Crippen molar-refractivity contribution < 1.29 is 14.3 Å². The molecule has 5 heteroatoms. The molecule has 1 unspecified atom stereocenters. The number of hydrogen-bond donors (Lipinski definition) is 2. The topological polar surface area (TPSA) is 79.7 Å². The number of likely N-dealkylation sites (tertiary alicyclic amines) is 1. The zero-order chi connectivity index (χ0) is 13.2. The highest BCUT2D eigenvalue weighted by Crippen LogP contribution is 2.26. The maximum Gasteiger partial charge on any atom is 0.220 e. The maximum absolute atomic E-state index is 11.0. The van der Waals surface area contributed by atoms with Gasteiger partial charge < -0.3 is 15.3 Å². The van der Waals surface area contributed by atoms with Gasteiger partial charge in [-0.05, 0) is 32.4 Å². The van der Waals surface area contributed by atoms with Crippen LogP contribution in [0.15, 0.2) is 16.7 Å². The van der Waals surface area contributed by atoms with Gasteiger partial charge in [-0.15, -0.1) is 0 Å². The number of furan rings is 1. The summed E-state index contributed by atoms with van der Waals surface area (Å²) in [5.74, 6) is 0.456. The second-order valence-electron chi connectivity index (χ2n) is 5.18. The van der Waals surface area contributed by atoms with E-state index >= 15 is 0 Å². The minimum Gasteiger partial charge on any atom is -0.469 e. The molecule has 1 aromatic heterocycles. The molecule has 1 saturated heterocycles. The number of carbonyl (C=O) groups is 1. The normalized spacial score (nSPS) is 25.2. The molecular formula is C13H20N2O3. The lowest BCUT2D eigenvalue weighted by Gasteiger charge is -2.38. The van der Waals surface area contributed by atoms with Gasteiger partial charge in [0.2, 0.25) is 5.91 Å². The number of aryl methyl sites for hydroxylation is 1. The first-order valence-electron chi connectivity index (χ1n) is 6.24. The summed E-state index contributed by atoms with van der Waals surface area (Å²) in [6.45, 7) is 4.07. The first-order valence-corrected chi connectivity index (χ1v) is 6.24. The van der Waals surface area contributed by atoms with E-state index in [9.17, 15) is 9.90 Å². The van der Waals surface area contributed by atoms with Crippen LogP contribution in [0.2, 0.25) is 0 Å². The summed E-state index contributed by atoms with van der Waals surface area (Å²) in [6, 6.07) is 1.94. The average molecular weight is 252 g/mol. The molecule has 1 aromatic rings. The molecule has 1 fully saturated rings. The van der Waals surface area contributed by atoms with Gasteiger partial charge in [-0.25, -0.2) is 0 Å². The van der Waals surface area contributed by atoms with E-state index in [1.54, 1.807) is 6.26 Å². The first kappa shape index (κ1) is 13.1. The van der Waals surface area contributed by atoms with Gasteiger partial charge in [-0.3, -0.25) is 9.69 Å². The summed E-state index contributed by atoms with van der Waals surface area (Å²) in [5, 5.41) is 10.3. The third kappa shape index (κ3) is 3.11. The number of aliphatic hydroxyl groups is 1. The van der Waals surface area contributed by atoms with E-state index in [1.165, 1.54) is 0 Å². The fraction of sp³-hybridized carbons (Fsp3) is 0.615. The molecule has 3 N–H and O–H groups in total. The van der Waals surface area contributed by atoms with Crippen molar-refractivity contribution in [2.75, 3.05) is 13.1 Å². The van der Waals surface area contributed by atoms with Crippen LogP contribution in [0.5, 0.6) is 0 Å². The Morgan fingerprint density at radius 1 is 1.67 bits per heavy atom. The van der Waals surface area contributed by atoms with Crippen molar-refractivity contribution in [3.8, 4) is 0 Å². The number of amides is 1. The van der Waals surface area contributed by atoms with E-state index < -0.39 is 11.5 Å². The molecule has 5 nitrogen and oxygen atoms in total. The van der Waals surface area contributed by atoms with Gasteiger partial charge in [0.25, 0.3) is 0 Å². The molecule has 0 radical (unpaired) electrons. The van der Waals surface area contributed by atoms with E-state index in [0.29, 0.717) is 13.0 Å². The van der Waals surface area contributed by atoms with Crippen molar-refractivity contribution in [1.82, 2.24) is 4.90 Å². The van der Waals surface area contributed by atoms with Crippen LogP contribution in [0.25, 0.3) is 0 Å². The molecular weight excluding hydrogens is 232 g/mol. The lowest BCUT2D eigenvalue weighted by molar-refractivity contribution is -0.125. The largest absolute Gasteiger partial charge is 0.469 e. The van der Waals surface area contributed by atoms with Crippen molar-refractivity contribution in [1.29, 1.82) is 0 Å². The molecule has 0 bridgehead atoms. The van der Waals surface area contributed by atoms with Gasteiger partial charge in [0, 0.05) is 18.7 Å². The van der Waals surface area contributed by atoms with Gasteiger partial charge in [0.15, 0.2) is 0 Å². The summed E-state index contributed by atoms with van der Waals surface area (Å²) in [7, 11) is 0. The van der Waals surface area contributed by atoms with E-state index in [1.807, 2.05) is 13.0 Å². The molecule has 1 atom stereocenters. The zero-order valence-electron chi connectivity index (χ0n) is 10.7. The summed E-state index contributed by atoms with van der Waals surface area (Å²) in [5.41, 5.74) is 5.33. The first-order chi connectivity index (χ1) is 8.48. The van der Waals surface area contributed by atoms with Gasteiger partial charge in [-0.1, -0.05) is 0 Å². The molecule has 100 valence electrons. The minimum absolute atomic E-state index is 0.0356. The SMILES string of the molecule is Cc1occc1CN1CCCC(O)(CC(N)=O)C1. The number of primary amides is 1. The zero-order valence-corrected chi connectivity index (χ0v) is 10.7. The van der Waals surface area contributed by atoms with Crippen LogP contribution in [-0.2, 0) is 11.3 Å². The number of hydrogen-bond acceptors (Lipinski definition) is 4. The molecule has 18 heavy (non-hydrogen) atoms. The highest BCUT2D eigenvalue weighted by Gasteiger charge is 2.34. The summed E-state index contributed by atoms with van der Waals surface area (Å²) in [6.07, 6.45) is 3.22. The highest BCUT2D eigenvalue weighted by molar-refractivity contribution is 5.75. The number of nitrogens with zero attached hydrogens (tertiary/aromatic N) is 1. The van der Waals surface area contributed by atoms with E-state index in [-0.39, 0.29) is 6.42 Å². The number of nitrogens with two attached hydrogens (primary N) is 1. The average Bonchev–Trinajstić information content (AvgIpc) is 2.62. The quantitative estimate of drug-likeness (QED) is 0.830. The molecule has 2 rings (SSSR count).